The Morgan fingerprint density at radius 1 is 1.32 bits per heavy atom. The predicted molar refractivity (Wildman–Crippen MR) is 95.7 cm³/mol. The summed E-state index contributed by atoms with van der Waals surface area (Å²) >= 11 is 0. The monoisotopic (exact) mass is 339 g/mol. The van der Waals surface area contributed by atoms with Gasteiger partial charge in [0.15, 0.2) is 5.82 Å². The van der Waals surface area contributed by atoms with E-state index in [-0.39, 0.29) is 12.2 Å². The Morgan fingerprint density at radius 3 is 2.96 bits per heavy atom. The molecule has 1 unspecified atom stereocenters. The van der Waals surface area contributed by atoms with Crippen molar-refractivity contribution < 1.29 is 9.84 Å². The van der Waals surface area contributed by atoms with Gasteiger partial charge in [-0.3, -0.25) is 5.10 Å². The van der Waals surface area contributed by atoms with Crippen molar-refractivity contribution in [2.24, 2.45) is 0 Å². The highest BCUT2D eigenvalue weighted by Gasteiger charge is 2.22. The van der Waals surface area contributed by atoms with Crippen LogP contribution < -0.4 is 9.64 Å². The highest BCUT2D eigenvalue weighted by atomic mass is 16.5. The molecule has 3 aromatic rings. The molecule has 1 aliphatic rings. The highest BCUT2D eigenvalue weighted by molar-refractivity contribution is 5.93. The van der Waals surface area contributed by atoms with E-state index < -0.39 is 0 Å². The molecule has 4 rings (SSSR count). The fourth-order valence-corrected chi connectivity index (χ4v) is 3.15. The number of hydrogen-bond acceptors (Lipinski definition) is 6. The summed E-state index contributed by atoms with van der Waals surface area (Å²) < 4.78 is 5.79. The van der Waals surface area contributed by atoms with Crippen LogP contribution in [0.4, 0.5) is 5.82 Å². The number of H-pyrrole nitrogens is 1. The molecular weight excluding hydrogens is 318 g/mol. The third kappa shape index (κ3) is 3.15. The number of benzene rings is 1. The van der Waals surface area contributed by atoms with Crippen molar-refractivity contribution in [1.82, 2.24) is 20.4 Å². The molecule has 1 atom stereocenters. The molecule has 2 N–H and O–H groups in total. The van der Waals surface area contributed by atoms with Gasteiger partial charge < -0.3 is 14.7 Å². The number of fused-ring (bicyclic) bond motifs is 1. The van der Waals surface area contributed by atoms with Gasteiger partial charge in [0.25, 0.3) is 0 Å². The van der Waals surface area contributed by atoms with E-state index in [9.17, 15) is 5.11 Å². The van der Waals surface area contributed by atoms with Crippen LogP contribution >= 0.6 is 0 Å². The molecule has 2 aromatic heterocycles. The lowest BCUT2D eigenvalue weighted by Gasteiger charge is -2.16. The highest BCUT2D eigenvalue weighted by Crippen LogP contribution is 2.31. The summed E-state index contributed by atoms with van der Waals surface area (Å²) in [5, 5.41) is 26.6. The molecular formula is C18H21N5O2. The number of aromatic nitrogens is 4. The van der Waals surface area contributed by atoms with E-state index in [4.69, 9.17) is 4.74 Å². The molecule has 0 bridgehead atoms. The fourth-order valence-electron chi connectivity index (χ4n) is 3.15. The molecule has 1 saturated heterocycles. The van der Waals surface area contributed by atoms with Crippen LogP contribution in [-0.2, 0) is 0 Å². The van der Waals surface area contributed by atoms with Crippen LogP contribution in [0.3, 0.4) is 0 Å². The van der Waals surface area contributed by atoms with Gasteiger partial charge in [0.05, 0.1) is 23.9 Å². The second-order valence-electron chi connectivity index (χ2n) is 6.64. The molecule has 0 radical (unpaired) electrons. The summed E-state index contributed by atoms with van der Waals surface area (Å²) in [5.74, 6) is 1.58. The number of aliphatic hydroxyl groups is 1. The van der Waals surface area contributed by atoms with Crippen LogP contribution in [0.15, 0.2) is 30.5 Å². The van der Waals surface area contributed by atoms with Crippen molar-refractivity contribution in [3.05, 3.63) is 30.5 Å². The molecule has 7 nitrogen and oxygen atoms in total. The topological polar surface area (TPSA) is 87.2 Å². The Morgan fingerprint density at radius 2 is 2.20 bits per heavy atom. The zero-order valence-electron chi connectivity index (χ0n) is 14.3. The number of ether oxygens (including phenoxy) is 1. The summed E-state index contributed by atoms with van der Waals surface area (Å²) in [4.78, 5) is 2.04. The lowest BCUT2D eigenvalue weighted by Crippen LogP contribution is -2.22. The Balaban J connectivity index is 1.71. The molecule has 7 heteroatoms. The van der Waals surface area contributed by atoms with Crippen molar-refractivity contribution in [3.63, 3.8) is 0 Å². The van der Waals surface area contributed by atoms with Gasteiger partial charge in [-0.1, -0.05) is 0 Å². The fraction of sp³-hybridized carbons (Fsp3) is 0.389. The first kappa shape index (κ1) is 15.8. The average Bonchev–Trinajstić information content (AvgIpc) is 3.20. The summed E-state index contributed by atoms with van der Waals surface area (Å²) in [6.07, 6.45) is 2.28. The summed E-state index contributed by atoms with van der Waals surface area (Å²) in [7, 11) is 0. The van der Waals surface area contributed by atoms with Crippen LogP contribution in [-0.4, -0.2) is 50.8 Å². The summed E-state index contributed by atoms with van der Waals surface area (Å²) in [5.41, 5.74) is 2.65. The van der Waals surface area contributed by atoms with Crippen LogP contribution in [0, 0.1) is 0 Å². The molecule has 25 heavy (non-hydrogen) atoms. The third-order valence-corrected chi connectivity index (χ3v) is 4.31. The van der Waals surface area contributed by atoms with Crippen LogP contribution in [0.1, 0.15) is 20.3 Å². The van der Waals surface area contributed by atoms with Gasteiger partial charge in [0.2, 0.25) is 0 Å². The first-order chi connectivity index (χ1) is 12.1. The first-order valence-electron chi connectivity index (χ1n) is 8.51. The number of nitrogens with zero attached hydrogens (tertiary/aromatic N) is 4. The van der Waals surface area contributed by atoms with E-state index in [1.807, 2.05) is 43.0 Å². The van der Waals surface area contributed by atoms with Crippen molar-refractivity contribution in [2.45, 2.75) is 32.5 Å². The molecule has 1 fully saturated rings. The Labute approximate surface area is 145 Å². The maximum absolute atomic E-state index is 9.74. The van der Waals surface area contributed by atoms with Crippen molar-refractivity contribution in [2.75, 3.05) is 18.0 Å². The van der Waals surface area contributed by atoms with E-state index in [2.05, 4.69) is 20.4 Å². The first-order valence-corrected chi connectivity index (χ1v) is 8.51. The van der Waals surface area contributed by atoms with Gasteiger partial charge in [-0.25, -0.2) is 0 Å². The van der Waals surface area contributed by atoms with Gasteiger partial charge >= 0.3 is 0 Å². The van der Waals surface area contributed by atoms with Crippen LogP contribution in [0.5, 0.6) is 5.75 Å². The second-order valence-corrected chi connectivity index (χ2v) is 6.64. The van der Waals surface area contributed by atoms with E-state index >= 15 is 0 Å². The maximum atomic E-state index is 9.74. The Kier molecular flexibility index (Phi) is 4.01. The number of aromatic amines is 1. The van der Waals surface area contributed by atoms with Gasteiger partial charge in [0, 0.05) is 24.0 Å². The average molecular weight is 339 g/mol. The summed E-state index contributed by atoms with van der Waals surface area (Å²) in [6.45, 7) is 5.38. The number of β-amino-alcohol motifs (C(OH)–C–C–N with tert-alkyl or cyclic N) is 1. The molecule has 1 aromatic carbocycles. The van der Waals surface area contributed by atoms with Crippen molar-refractivity contribution >= 4 is 16.7 Å². The lowest BCUT2D eigenvalue weighted by atomic mass is 10.1. The molecule has 0 spiro atoms. The Hall–Kier alpha value is -2.67. The second kappa shape index (κ2) is 6.33. The molecule has 0 saturated carbocycles. The molecule has 0 amide bonds. The van der Waals surface area contributed by atoms with E-state index in [1.54, 1.807) is 6.20 Å². The van der Waals surface area contributed by atoms with E-state index in [0.29, 0.717) is 6.54 Å². The predicted octanol–water partition coefficient (Wildman–Crippen LogP) is 2.38. The number of aliphatic hydroxyl groups excluding tert-OH is 1. The minimum Gasteiger partial charge on any atom is -0.491 e. The van der Waals surface area contributed by atoms with E-state index in [1.165, 1.54) is 0 Å². The van der Waals surface area contributed by atoms with Gasteiger partial charge in [-0.05, 0) is 44.5 Å². The summed E-state index contributed by atoms with van der Waals surface area (Å²) in [6, 6.07) is 7.87. The minimum atomic E-state index is -0.299. The SMILES string of the molecule is CC(C)Oc1ccc2[nH]nc(-c3cnnc(N4CCC(O)C4)c3)c2c1. The molecule has 3 heterocycles. The maximum Gasteiger partial charge on any atom is 0.151 e. The molecule has 0 aliphatic carbocycles. The van der Waals surface area contributed by atoms with E-state index in [0.717, 1.165) is 46.7 Å². The number of rotatable bonds is 4. The normalized spacial score (nSPS) is 17.6. The quantitative estimate of drug-likeness (QED) is 0.759. The zero-order chi connectivity index (χ0) is 17.4. The zero-order valence-corrected chi connectivity index (χ0v) is 14.3. The third-order valence-electron chi connectivity index (χ3n) is 4.31. The van der Waals surface area contributed by atoms with Gasteiger partial charge in [-0.2, -0.15) is 10.2 Å². The Bertz CT molecular complexity index is 892. The van der Waals surface area contributed by atoms with Crippen LogP contribution in [0.25, 0.3) is 22.2 Å². The molecule has 130 valence electrons. The number of hydrogen-bond donors (Lipinski definition) is 2. The number of anilines is 1. The minimum absolute atomic E-state index is 0.114. The smallest absolute Gasteiger partial charge is 0.151 e. The standard InChI is InChI=1S/C18H21N5O2/c1-11(2)25-14-3-4-16-15(8-14)18(22-20-16)12-7-17(21-19-9-12)23-6-5-13(24)10-23/h3-4,7-9,11,13,24H,5-6,10H2,1-2H3,(H,20,22). The lowest BCUT2D eigenvalue weighted by molar-refractivity contribution is 0.198. The van der Waals surface area contributed by atoms with Gasteiger partial charge in [0.1, 0.15) is 11.4 Å². The molecule has 1 aliphatic heterocycles. The van der Waals surface area contributed by atoms with Crippen LogP contribution in [0.2, 0.25) is 0 Å². The van der Waals surface area contributed by atoms with Crippen molar-refractivity contribution in [1.29, 1.82) is 0 Å². The van der Waals surface area contributed by atoms with Gasteiger partial charge in [-0.15, -0.1) is 5.10 Å². The largest absolute Gasteiger partial charge is 0.491 e. The van der Waals surface area contributed by atoms with Crippen molar-refractivity contribution in [3.8, 4) is 17.0 Å². The number of nitrogens with one attached hydrogen (secondary N) is 1.